The van der Waals surface area contributed by atoms with Gasteiger partial charge in [0.1, 0.15) is 5.75 Å². The van der Waals surface area contributed by atoms with Crippen LogP contribution in [0.2, 0.25) is 0 Å². The second kappa shape index (κ2) is 13.4. The zero-order chi connectivity index (χ0) is 27.6. The Labute approximate surface area is 213 Å². The topological polar surface area (TPSA) is 116 Å². The summed E-state index contributed by atoms with van der Waals surface area (Å²) in [5.41, 5.74) is 1.99. The molecule has 1 aliphatic rings. The molecule has 2 aromatic carbocycles. The predicted octanol–water partition coefficient (Wildman–Crippen LogP) is 2.65. The lowest BCUT2D eigenvalue weighted by atomic mass is 10.1. The fourth-order valence-electron chi connectivity index (χ4n) is 3.37. The Bertz CT molecular complexity index is 1130. The first-order valence-corrected chi connectivity index (χ1v) is 12.8. The number of halogens is 3. The van der Waals surface area contributed by atoms with Gasteiger partial charge < -0.3 is 20.1 Å². The fourth-order valence-corrected chi connectivity index (χ4v) is 4.80. The quantitative estimate of drug-likeness (QED) is 0.524. The number of aryl methyl sites for hydroxylation is 1. The van der Waals surface area contributed by atoms with E-state index in [0.29, 0.717) is 18.8 Å². The molecule has 9 nitrogen and oxygen atoms in total. The zero-order valence-electron chi connectivity index (χ0n) is 20.5. The number of carbonyl (C=O) groups is 2. The Kier molecular flexibility index (Phi) is 10.9. The van der Waals surface area contributed by atoms with E-state index in [4.69, 9.17) is 14.6 Å². The second-order valence-corrected chi connectivity index (χ2v) is 10.1. The van der Waals surface area contributed by atoms with Gasteiger partial charge in [0.05, 0.1) is 12.0 Å². The lowest BCUT2D eigenvalue weighted by molar-refractivity contribution is -0.192. The highest BCUT2D eigenvalue weighted by Crippen LogP contribution is 2.22. The molecule has 37 heavy (non-hydrogen) atoms. The minimum Gasteiger partial charge on any atom is -0.497 e. The van der Waals surface area contributed by atoms with Crippen molar-refractivity contribution in [3.8, 4) is 5.75 Å². The monoisotopic (exact) mass is 545 g/mol. The molecule has 1 heterocycles. The summed E-state index contributed by atoms with van der Waals surface area (Å²) >= 11 is 0. The molecule has 0 aliphatic carbocycles. The maximum Gasteiger partial charge on any atom is 0.490 e. The van der Waals surface area contributed by atoms with E-state index >= 15 is 0 Å². The summed E-state index contributed by atoms with van der Waals surface area (Å²) in [5, 5.41) is 10.3. The van der Waals surface area contributed by atoms with Crippen molar-refractivity contribution in [2.75, 3.05) is 39.8 Å². The van der Waals surface area contributed by atoms with Gasteiger partial charge in [0.15, 0.2) is 0 Å². The Hall–Kier alpha value is -3.16. The van der Waals surface area contributed by atoms with Gasteiger partial charge in [-0.1, -0.05) is 29.8 Å². The molecule has 2 N–H and O–H groups in total. The van der Waals surface area contributed by atoms with Crippen LogP contribution in [-0.2, 0) is 26.2 Å². The summed E-state index contributed by atoms with van der Waals surface area (Å²) in [6, 6.07) is 14.1. The van der Waals surface area contributed by atoms with Gasteiger partial charge in [-0.15, -0.1) is 0 Å². The van der Waals surface area contributed by atoms with Crippen molar-refractivity contribution in [2.45, 2.75) is 31.0 Å². The number of sulfonamides is 1. The van der Waals surface area contributed by atoms with Crippen LogP contribution in [0.4, 0.5) is 13.2 Å². The molecule has 1 aliphatic heterocycles. The van der Waals surface area contributed by atoms with Crippen LogP contribution in [0.15, 0.2) is 53.4 Å². The largest absolute Gasteiger partial charge is 0.497 e. The molecule has 3 rings (SSSR count). The summed E-state index contributed by atoms with van der Waals surface area (Å²) in [7, 11) is -2.23. The number of hydrogen-bond donors (Lipinski definition) is 2. The van der Waals surface area contributed by atoms with Crippen LogP contribution in [0.25, 0.3) is 0 Å². The number of alkyl halides is 3. The number of piperazine rings is 1. The van der Waals surface area contributed by atoms with E-state index < -0.39 is 22.2 Å². The Balaban J connectivity index is 0.000000604. The average Bonchev–Trinajstić information content (AvgIpc) is 2.87. The van der Waals surface area contributed by atoms with Gasteiger partial charge >= 0.3 is 12.1 Å². The van der Waals surface area contributed by atoms with Gasteiger partial charge in [-0.25, -0.2) is 13.2 Å². The Morgan fingerprint density at radius 2 is 1.59 bits per heavy atom. The molecule has 0 aromatic heterocycles. The van der Waals surface area contributed by atoms with Crippen LogP contribution in [0.3, 0.4) is 0 Å². The first-order chi connectivity index (χ1) is 17.3. The zero-order valence-corrected chi connectivity index (χ0v) is 21.3. The highest BCUT2D eigenvalue weighted by atomic mass is 32.2. The molecule has 0 radical (unpaired) electrons. The summed E-state index contributed by atoms with van der Waals surface area (Å²) in [5.74, 6) is -2.18. The van der Waals surface area contributed by atoms with Gasteiger partial charge in [-0.05, 0) is 36.8 Å². The van der Waals surface area contributed by atoms with E-state index in [9.17, 15) is 26.4 Å². The third kappa shape index (κ3) is 9.34. The van der Waals surface area contributed by atoms with E-state index in [2.05, 4.69) is 5.32 Å². The minimum atomic E-state index is -5.08. The number of methoxy groups -OCH3 is 1. The van der Waals surface area contributed by atoms with Crippen LogP contribution in [0.1, 0.15) is 17.5 Å². The molecule has 2 aromatic rings. The molecule has 1 saturated heterocycles. The molecule has 0 spiro atoms. The van der Waals surface area contributed by atoms with Crippen molar-refractivity contribution in [1.82, 2.24) is 14.5 Å². The SMILES string of the molecule is COc1ccc(S(=O)(=O)N(CCC(=O)N2CCNCC2)Cc2ccc(C)cc2)cc1.O=C(O)C(F)(F)F. The highest BCUT2D eigenvalue weighted by molar-refractivity contribution is 7.89. The van der Waals surface area contributed by atoms with Crippen molar-refractivity contribution >= 4 is 21.9 Å². The number of aliphatic carboxylic acids is 1. The highest BCUT2D eigenvalue weighted by Gasteiger charge is 2.38. The molecule has 0 unspecified atom stereocenters. The molecular formula is C24H30F3N3O6S. The molecule has 1 amide bonds. The van der Waals surface area contributed by atoms with Gasteiger partial charge in [-0.2, -0.15) is 17.5 Å². The summed E-state index contributed by atoms with van der Waals surface area (Å²) in [6.07, 6.45) is -4.93. The second-order valence-electron chi connectivity index (χ2n) is 8.18. The molecular weight excluding hydrogens is 515 g/mol. The standard InChI is InChI=1S/C22H29N3O4S.C2HF3O2/c1-18-3-5-19(6-4-18)17-25(14-11-22(26)24-15-12-23-13-16-24)30(27,28)21-9-7-20(29-2)8-10-21;3-2(4,5)1(6)7/h3-10,23H,11-17H2,1-2H3;(H,6,7). The molecule has 0 bridgehead atoms. The van der Waals surface area contributed by atoms with Crippen LogP contribution in [-0.4, -0.2) is 80.6 Å². The fraction of sp³-hybridized carbons (Fsp3) is 0.417. The first kappa shape index (κ1) is 30.1. The molecule has 13 heteroatoms. The number of carboxylic acids is 1. The van der Waals surface area contributed by atoms with Crippen molar-refractivity contribution in [3.63, 3.8) is 0 Å². The molecule has 204 valence electrons. The number of hydrogen-bond acceptors (Lipinski definition) is 6. The van der Waals surface area contributed by atoms with Gasteiger partial charge in [0.2, 0.25) is 15.9 Å². The van der Waals surface area contributed by atoms with Crippen LogP contribution in [0.5, 0.6) is 5.75 Å². The average molecular weight is 546 g/mol. The number of ether oxygens (including phenoxy) is 1. The lowest BCUT2D eigenvalue weighted by Gasteiger charge is -2.29. The summed E-state index contributed by atoms with van der Waals surface area (Å²) in [4.78, 5) is 23.5. The van der Waals surface area contributed by atoms with Crippen molar-refractivity contribution in [2.24, 2.45) is 0 Å². The third-order valence-corrected chi connectivity index (χ3v) is 7.32. The number of amides is 1. The first-order valence-electron chi connectivity index (χ1n) is 11.3. The number of rotatable bonds is 8. The molecule has 0 atom stereocenters. The minimum absolute atomic E-state index is 0.0182. The van der Waals surface area contributed by atoms with E-state index in [1.807, 2.05) is 31.2 Å². The number of nitrogens with zero attached hydrogens (tertiary/aromatic N) is 2. The van der Waals surface area contributed by atoms with Gasteiger partial charge in [-0.3, -0.25) is 4.79 Å². The maximum absolute atomic E-state index is 13.3. The van der Waals surface area contributed by atoms with Crippen LogP contribution >= 0.6 is 0 Å². The summed E-state index contributed by atoms with van der Waals surface area (Å²) < 4.78 is 64.9. The van der Waals surface area contributed by atoms with Gasteiger partial charge in [0, 0.05) is 45.7 Å². The van der Waals surface area contributed by atoms with Gasteiger partial charge in [0.25, 0.3) is 0 Å². The number of nitrogens with one attached hydrogen (secondary N) is 1. The Morgan fingerprint density at radius 1 is 1.05 bits per heavy atom. The van der Waals surface area contributed by atoms with E-state index in [0.717, 1.165) is 24.2 Å². The van der Waals surface area contributed by atoms with E-state index in [1.54, 1.807) is 17.0 Å². The normalized spacial score (nSPS) is 14.1. The predicted molar refractivity (Wildman–Crippen MR) is 130 cm³/mol. The van der Waals surface area contributed by atoms with Crippen LogP contribution in [0, 0.1) is 6.92 Å². The van der Waals surface area contributed by atoms with E-state index in [-0.39, 0.29) is 30.3 Å². The summed E-state index contributed by atoms with van der Waals surface area (Å²) in [6.45, 7) is 5.17. The van der Waals surface area contributed by atoms with Crippen molar-refractivity contribution in [3.05, 3.63) is 59.7 Å². The lowest BCUT2D eigenvalue weighted by Crippen LogP contribution is -2.47. The Morgan fingerprint density at radius 3 is 2.08 bits per heavy atom. The number of carboxylic acid groups (broad SMARTS) is 1. The number of carbonyl (C=O) groups excluding carboxylic acids is 1. The van der Waals surface area contributed by atoms with Crippen molar-refractivity contribution in [1.29, 1.82) is 0 Å². The van der Waals surface area contributed by atoms with Crippen LogP contribution < -0.4 is 10.1 Å². The van der Waals surface area contributed by atoms with Crippen molar-refractivity contribution < 1.29 is 41.0 Å². The smallest absolute Gasteiger partial charge is 0.490 e. The van der Waals surface area contributed by atoms with E-state index in [1.165, 1.54) is 23.5 Å². The molecule has 1 fully saturated rings. The molecule has 0 saturated carbocycles. The third-order valence-electron chi connectivity index (χ3n) is 5.46. The maximum atomic E-state index is 13.3. The number of benzene rings is 2.